The molecule has 0 spiro atoms. The molecule has 0 aromatic heterocycles. The van der Waals surface area contributed by atoms with Crippen LogP contribution >= 0.6 is 15.9 Å². The Kier molecular flexibility index (Phi) is 2.86. The van der Waals surface area contributed by atoms with Crippen LogP contribution in [0.4, 0.5) is 4.39 Å². The second-order valence-corrected chi connectivity index (χ2v) is 5.27. The molecule has 82 valence electrons. The lowest BCUT2D eigenvalue weighted by molar-refractivity contribution is 0.244. The molecule has 0 aliphatic heterocycles. The Balaban J connectivity index is 2.47. The highest BCUT2D eigenvalue weighted by Gasteiger charge is 2.39. The van der Waals surface area contributed by atoms with E-state index < -0.39 is 0 Å². The quantitative estimate of drug-likeness (QED) is 0.878. The van der Waals surface area contributed by atoms with Crippen molar-refractivity contribution in [2.45, 2.75) is 31.6 Å². The van der Waals surface area contributed by atoms with Gasteiger partial charge >= 0.3 is 0 Å². The number of benzene rings is 1. The minimum absolute atomic E-state index is 0.0969. The Morgan fingerprint density at radius 2 is 2.13 bits per heavy atom. The van der Waals surface area contributed by atoms with Gasteiger partial charge in [0.25, 0.3) is 0 Å². The second kappa shape index (κ2) is 3.87. The summed E-state index contributed by atoms with van der Waals surface area (Å²) in [5.74, 6) is -0.110. The van der Waals surface area contributed by atoms with Gasteiger partial charge in [-0.25, -0.2) is 4.39 Å². The fraction of sp³-hybridized carbons (Fsp3) is 0.500. The van der Waals surface area contributed by atoms with Gasteiger partial charge in [-0.3, -0.25) is 0 Å². The fourth-order valence-electron chi connectivity index (χ4n) is 2.24. The number of hydrogen-bond acceptors (Lipinski definition) is 1. The third kappa shape index (κ3) is 1.72. The number of halogens is 2. The lowest BCUT2D eigenvalue weighted by atomic mass is 9.64. The van der Waals surface area contributed by atoms with Gasteiger partial charge in [0.1, 0.15) is 5.82 Å². The van der Waals surface area contributed by atoms with Gasteiger partial charge in [-0.05, 0) is 43.0 Å². The second-order valence-electron chi connectivity index (χ2n) is 4.42. The molecule has 3 heteroatoms. The summed E-state index contributed by atoms with van der Waals surface area (Å²) in [6.45, 7) is 2.44. The largest absolute Gasteiger partial charge is 0.330 e. The first-order chi connectivity index (χ1) is 7.09. The Labute approximate surface area is 98.0 Å². The van der Waals surface area contributed by atoms with E-state index in [4.69, 9.17) is 5.73 Å². The lowest BCUT2D eigenvalue weighted by Gasteiger charge is -2.41. The number of aryl methyl sites for hydroxylation is 1. The smallest absolute Gasteiger partial charge is 0.127 e. The van der Waals surface area contributed by atoms with Crippen molar-refractivity contribution in [3.63, 3.8) is 0 Å². The Morgan fingerprint density at radius 3 is 2.60 bits per heavy atom. The van der Waals surface area contributed by atoms with Gasteiger partial charge in [0.2, 0.25) is 0 Å². The Bertz CT molecular complexity index is 380. The summed E-state index contributed by atoms with van der Waals surface area (Å²) in [4.78, 5) is 0. The minimum Gasteiger partial charge on any atom is -0.330 e. The van der Waals surface area contributed by atoms with Crippen LogP contribution in [0.25, 0.3) is 0 Å². The molecule has 15 heavy (non-hydrogen) atoms. The van der Waals surface area contributed by atoms with Crippen LogP contribution in [-0.4, -0.2) is 6.54 Å². The van der Waals surface area contributed by atoms with Crippen LogP contribution in [0.15, 0.2) is 16.6 Å². The first kappa shape index (κ1) is 11.1. The molecule has 0 bridgehead atoms. The highest BCUT2D eigenvalue weighted by molar-refractivity contribution is 9.10. The number of hydrogen-bond donors (Lipinski definition) is 1. The van der Waals surface area contributed by atoms with Gasteiger partial charge in [-0.1, -0.05) is 22.4 Å². The van der Waals surface area contributed by atoms with Crippen molar-refractivity contribution in [3.8, 4) is 0 Å². The zero-order valence-corrected chi connectivity index (χ0v) is 10.4. The molecule has 1 fully saturated rings. The van der Waals surface area contributed by atoms with Gasteiger partial charge in [0.15, 0.2) is 0 Å². The van der Waals surface area contributed by atoms with E-state index in [0.717, 1.165) is 34.9 Å². The third-order valence-corrected chi connectivity index (χ3v) is 4.38. The summed E-state index contributed by atoms with van der Waals surface area (Å²) < 4.78 is 14.8. The number of nitrogens with two attached hydrogens (primary N) is 1. The van der Waals surface area contributed by atoms with Crippen molar-refractivity contribution in [3.05, 3.63) is 33.5 Å². The van der Waals surface area contributed by atoms with Gasteiger partial charge in [-0.15, -0.1) is 0 Å². The fourth-order valence-corrected chi connectivity index (χ4v) is 2.58. The molecular weight excluding hydrogens is 257 g/mol. The first-order valence-corrected chi connectivity index (χ1v) is 6.04. The predicted octanol–water partition coefficient (Wildman–Crippen LogP) is 3.28. The van der Waals surface area contributed by atoms with Crippen molar-refractivity contribution < 1.29 is 4.39 Å². The maximum atomic E-state index is 13.9. The molecule has 1 aliphatic rings. The summed E-state index contributed by atoms with van der Waals surface area (Å²) in [5.41, 5.74) is 7.40. The molecular formula is C12H15BrFN. The van der Waals surface area contributed by atoms with Crippen molar-refractivity contribution in [1.82, 2.24) is 0 Å². The van der Waals surface area contributed by atoms with Crippen molar-refractivity contribution >= 4 is 15.9 Å². The average molecular weight is 272 g/mol. The van der Waals surface area contributed by atoms with Crippen LogP contribution in [0.3, 0.4) is 0 Å². The molecule has 1 aromatic rings. The van der Waals surface area contributed by atoms with Crippen LogP contribution in [0.2, 0.25) is 0 Å². The van der Waals surface area contributed by atoms with Crippen LogP contribution < -0.4 is 5.73 Å². The Hall–Kier alpha value is -0.410. The molecule has 0 unspecified atom stereocenters. The topological polar surface area (TPSA) is 26.0 Å². The standard InChI is InChI=1S/C12H15BrFN/c1-8-5-11(14)9(6-10(8)13)12(7-15)3-2-4-12/h5-6H,2-4,7,15H2,1H3. The normalized spacial score (nSPS) is 18.7. The van der Waals surface area contributed by atoms with Crippen molar-refractivity contribution in [2.24, 2.45) is 5.73 Å². The average Bonchev–Trinajstić information content (AvgIpc) is 2.12. The molecule has 1 saturated carbocycles. The van der Waals surface area contributed by atoms with E-state index in [1.807, 2.05) is 13.0 Å². The van der Waals surface area contributed by atoms with E-state index in [2.05, 4.69) is 15.9 Å². The summed E-state index contributed by atoms with van der Waals surface area (Å²) in [5, 5.41) is 0. The SMILES string of the molecule is Cc1cc(F)c(C2(CN)CCC2)cc1Br. The van der Waals surface area contributed by atoms with E-state index in [1.54, 1.807) is 6.07 Å². The molecule has 0 heterocycles. The van der Waals surface area contributed by atoms with E-state index >= 15 is 0 Å². The third-order valence-electron chi connectivity index (χ3n) is 3.52. The molecule has 0 radical (unpaired) electrons. The molecule has 2 N–H and O–H groups in total. The van der Waals surface area contributed by atoms with Crippen LogP contribution in [0.1, 0.15) is 30.4 Å². The number of rotatable bonds is 2. The molecule has 0 amide bonds. The zero-order valence-electron chi connectivity index (χ0n) is 8.82. The summed E-state index contributed by atoms with van der Waals surface area (Å²) in [6.07, 6.45) is 3.17. The molecule has 1 nitrogen and oxygen atoms in total. The van der Waals surface area contributed by atoms with E-state index in [1.165, 1.54) is 0 Å². The highest BCUT2D eigenvalue weighted by Crippen LogP contribution is 2.44. The monoisotopic (exact) mass is 271 g/mol. The van der Waals surface area contributed by atoms with E-state index in [0.29, 0.717) is 6.54 Å². The van der Waals surface area contributed by atoms with Gasteiger partial charge in [0.05, 0.1) is 0 Å². The van der Waals surface area contributed by atoms with Gasteiger partial charge in [-0.2, -0.15) is 0 Å². The van der Waals surface area contributed by atoms with Gasteiger partial charge < -0.3 is 5.73 Å². The highest BCUT2D eigenvalue weighted by atomic mass is 79.9. The minimum atomic E-state index is -0.110. The maximum absolute atomic E-state index is 13.9. The van der Waals surface area contributed by atoms with E-state index in [9.17, 15) is 4.39 Å². The lowest BCUT2D eigenvalue weighted by Crippen LogP contribution is -2.42. The first-order valence-electron chi connectivity index (χ1n) is 5.25. The summed E-state index contributed by atoms with van der Waals surface area (Å²) >= 11 is 3.45. The molecule has 1 aliphatic carbocycles. The van der Waals surface area contributed by atoms with E-state index in [-0.39, 0.29) is 11.2 Å². The van der Waals surface area contributed by atoms with Crippen molar-refractivity contribution in [2.75, 3.05) is 6.54 Å². The zero-order chi connectivity index (χ0) is 11.1. The Morgan fingerprint density at radius 1 is 1.47 bits per heavy atom. The van der Waals surface area contributed by atoms with Crippen molar-refractivity contribution in [1.29, 1.82) is 0 Å². The molecule has 2 rings (SSSR count). The molecule has 1 aromatic carbocycles. The summed E-state index contributed by atoms with van der Waals surface area (Å²) in [6, 6.07) is 3.49. The van der Waals surface area contributed by atoms with Gasteiger partial charge in [0, 0.05) is 16.4 Å². The molecule has 0 atom stereocenters. The summed E-state index contributed by atoms with van der Waals surface area (Å²) in [7, 11) is 0. The van der Waals surface area contributed by atoms with Crippen LogP contribution in [-0.2, 0) is 5.41 Å². The molecule has 0 saturated heterocycles. The predicted molar refractivity (Wildman–Crippen MR) is 63.4 cm³/mol. The maximum Gasteiger partial charge on any atom is 0.127 e. The van der Waals surface area contributed by atoms with Crippen LogP contribution in [0.5, 0.6) is 0 Å². The van der Waals surface area contributed by atoms with Crippen LogP contribution in [0, 0.1) is 12.7 Å².